The minimum Gasteiger partial charge on any atom is -0.466 e. The van der Waals surface area contributed by atoms with Crippen molar-refractivity contribution in [2.24, 2.45) is 0 Å². The molecule has 0 aliphatic rings. The standard InChI is InChI=1S/C20H17Cl2N3O5S/c1-11-9-16(12(2)30-11)20(27)24-23-19(26)13-3-6-15(7-4-13)25-31(28,29)18-10-14(21)5-8-17(18)22/h3-10,25H,1-2H3,(H,23,26)(H,24,27). The molecule has 0 fully saturated rings. The maximum absolute atomic E-state index is 12.5. The van der Waals surface area contributed by atoms with Gasteiger partial charge in [0, 0.05) is 16.3 Å². The summed E-state index contributed by atoms with van der Waals surface area (Å²) < 4.78 is 32.7. The van der Waals surface area contributed by atoms with Crippen LogP contribution in [0.3, 0.4) is 0 Å². The summed E-state index contributed by atoms with van der Waals surface area (Å²) in [7, 11) is -3.99. The van der Waals surface area contributed by atoms with E-state index < -0.39 is 21.8 Å². The van der Waals surface area contributed by atoms with E-state index in [1.165, 1.54) is 42.5 Å². The van der Waals surface area contributed by atoms with Crippen molar-refractivity contribution >= 4 is 50.7 Å². The van der Waals surface area contributed by atoms with Crippen LogP contribution in [-0.2, 0) is 10.0 Å². The molecule has 0 atom stereocenters. The molecule has 1 aromatic heterocycles. The average Bonchev–Trinajstić information content (AvgIpc) is 3.06. The predicted molar refractivity (Wildman–Crippen MR) is 117 cm³/mol. The van der Waals surface area contributed by atoms with Crippen LogP contribution in [0.15, 0.2) is 57.8 Å². The number of sulfonamides is 1. The Hall–Kier alpha value is -3.01. The number of amides is 2. The minimum absolute atomic E-state index is 0.0201. The lowest BCUT2D eigenvalue weighted by molar-refractivity contribution is 0.0845. The first-order chi connectivity index (χ1) is 14.6. The van der Waals surface area contributed by atoms with Gasteiger partial charge in [-0.3, -0.25) is 25.2 Å². The molecule has 0 saturated carbocycles. The van der Waals surface area contributed by atoms with Gasteiger partial charge in [-0.05, 0) is 62.4 Å². The van der Waals surface area contributed by atoms with E-state index in [1.54, 1.807) is 19.9 Å². The van der Waals surface area contributed by atoms with Crippen LogP contribution >= 0.6 is 23.2 Å². The second-order valence-corrected chi connectivity index (χ2v) is 8.99. The molecule has 31 heavy (non-hydrogen) atoms. The van der Waals surface area contributed by atoms with Crippen LogP contribution in [0.2, 0.25) is 10.0 Å². The highest BCUT2D eigenvalue weighted by atomic mass is 35.5. The lowest BCUT2D eigenvalue weighted by Crippen LogP contribution is -2.41. The highest BCUT2D eigenvalue weighted by molar-refractivity contribution is 7.92. The molecule has 3 rings (SSSR count). The molecule has 0 aliphatic heterocycles. The van der Waals surface area contributed by atoms with Crippen molar-refractivity contribution in [3.05, 3.63) is 81.2 Å². The van der Waals surface area contributed by atoms with Gasteiger partial charge in [-0.15, -0.1) is 0 Å². The Balaban J connectivity index is 1.65. The zero-order valence-corrected chi connectivity index (χ0v) is 18.7. The van der Waals surface area contributed by atoms with Crippen LogP contribution in [0, 0.1) is 13.8 Å². The van der Waals surface area contributed by atoms with E-state index in [9.17, 15) is 18.0 Å². The van der Waals surface area contributed by atoms with Gasteiger partial charge in [0.15, 0.2) is 0 Å². The third kappa shape index (κ3) is 5.38. The van der Waals surface area contributed by atoms with Gasteiger partial charge >= 0.3 is 0 Å². The van der Waals surface area contributed by atoms with Crippen molar-refractivity contribution in [2.75, 3.05) is 4.72 Å². The van der Waals surface area contributed by atoms with Crippen LogP contribution in [0.5, 0.6) is 0 Å². The van der Waals surface area contributed by atoms with E-state index in [1.807, 2.05) is 0 Å². The zero-order chi connectivity index (χ0) is 22.8. The summed E-state index contributed by atoms with van der Waals surface area (Å²) in [6.07, 6.45) is 0. The van der Waals surface area contributed by atoms with E-state index in [0.717, 1.165) is 0 Å². The second kappa shape index (κ2) is 9.01. The summed E-state index contributed by atoms with van der Waals surface area (Å²) in [6, 6.07) is 11.2. The van der Waals surface area contributed by atoms with Gasteiger partial charge in [0.2, 0.25) is 0 Å². The number of carbonyl (C=O) groups is 2. The quantitative estimate of drug-likeness (QED) is 0.474. The number of aryl methyl sites for hydroxylation is 2. The van der Waals surface area contributed by atoms with Gasteiger partial charge in [0.05, 0.1) is 10.6 Å². The average molecular weight is 482 g/mol. The Kier molecular flexibility index (Phi) is 6.59. The summed E-state index contributed by atoms with van der Waals surface area (Å²) in [5.74, 6) is -0.101. The van der Waals surface area contributed by atoms with Crippen LogP contribution in [0.25, 0.3) is 0 Å². The van der Waals surface area contributed by atoms with Crippen molar-refractivity contribution in [2.45, 2.75) is 18.7 Å². The van der Waals surface area contributed by atoms with E-state index in [-0.39, 0.29) is 26.2 Å². The minimum atomic E-state index is -3.99. The van der Waals surface area contributed by atoms with Crippen molar-refractivity contribution in [1.82, 2.24) is 10.9 Å². The molecule has 0 spiro atoms. The Bertz CT molecular complexity index is 1250. The lowest BCUT2D eigenvalue weighted by Gasteiger charge is -2.11. The largest absolute Gasteiger partial charge is 0.466 e. The fraction of sp³-hybridized carbons (Fsp3) is 0.100. The SMILES string of the molecule is Cc1cc(C(=O)NNC(=O)c2ccc(NS(=O)(=O)c3cc(Cl)ccc3Cl)cc2)c(C)o1. The van der Waals surface area contributed by atoms with Crippen LogP contribution < -0.4 is 15.6 Å². The van der Waals surface area contributed by atoms with Gasteiger partial charge in [0.25, 0.3) is 21.8 Å². The Morgan fingerprint density at radius 1 is 0.903 bits per heavy atom. The van der Waals surface area contributed by atoms with E-state index in [4.69, 9.17) is 27.6 Å². The molecular weight excluding hydrogens is 465 g/mol. The van der Waals surface area contributed by atoms with E-state index in [0.29, 0.717) is 17.1 Å². The third-order valence-electron chi connectivity index (χ3n) is 4.16. The summed E-state index contributed by atoms with van der Waals surface area (Å²) >= 11 is 11.8. The molecule has 0 aliphatic carbocycles. The molecule has 0 unspecified atom stereocenters. The third-order valence-corrected chi connectivity index (χ3v) is 6.26. The number of benzene rings is 2. The summed E-state index contributed by atoms with van der Waals surface area (Å²) in [5.41, 5.74) is 5.31. The van der Waals surface area contributed by atoms with Gasteiger partial charge < -0.3 is 4.42 Å². The van der Waals surface area contributed by atoms with E-state index >= 15 is 0 Å². The highest BCUT2D eigenvalue weighted by Gasteiger charge is 2.19. The monoisotopic (exact) mass is 481 g/mol. The lowest BCUT2D eigenvalue weighted by atomic mass is 10.2. The number of furan rings is 1. The van der Waals surface area contributed by atoms with Crippen LogP contribution in [-0.4, -0.2) is 20.2 Å². The Labute approximate surface area is 188 Å². The van der Waals surface area contributed by atoms with Crippen molar-refractivity contribution in [3.8, 4) is 0 Å². The maximum atomic E-state index is 12.5. The van der Waals surface area contributed by atoms with Crippen LogP contribution in [0.4, 0.5) is 5.69 Å². The topological polar surface area (TPSA) is 118 Å². The summed E-state index contributed by atoms with van der Waals surface area (Å²) in [5, 5.41) is 0.242. The molecule has 2 aromatic carbocycles. The van der Waals surface area contributed by atoms with Gasteiger partial charge in [-0.2, -0.15) is 0 Å². The van der Waals surface area contributed by atoms with Gasteiger partial charge in [0.1, 0.15) is 16.4 Å². The van der Waals surface area contributed by atoms with Crippen molar-refractivity contribution in [3.63, 3.8) is 0 Å². The molecule has 8 nitrogen and oxygen atoms in total. The molecular formula is C20H17Cl2N3O5S. The highest BCUT2D eigenvalue weighted by Crippen LogP contribution is 2.27. The molecule has 3 N–H and O–H groups in total. The number of anilines is 1. The van der Waals surface area contributed by atoms with Crippen LogP contribution in [0.1, 0.15) is 32.2 Å². The molecule has 0 bridgehead atoms. The molecule has 162 valence electrons. The number of hydrazine groups is 1. The number of carbonyl (C=O) groups excluding carboxylic acids is 2. The summed E-state index contributed by atoms with van der Waals surface area (Å²) in [4.78, 5) is 24.2. The second-order valence-electron chi connectivity index (χ2n) is 6.49. The fourth-order valence-corrected chi connectivity index (χ4v) is 4.51. The Morgan fingerprint density at radius 3 is 2.16 bits per heavy atom. The fourth-order valence-electron chi connectivity index (χ4n) is 2.69. The number of hydrogen-bond donors (Lipinski definition) is 3. The smallest absolute Gasteiger partial charge is 0.273 e. The summed E-state index contributed by atoms with van der Waals surface area (Å²) in [6.45, 7) is 3.35. The first kappa shape index (κ1) is 22.7. The normalized spacial score (nSPS) is 11.1. The Morgan fingerprint density at radius 2 is 1.55 bits per heavy atom. The van der Waals surface area contributed by atoms with Crippen molar-refractivity contribution < 1.29 is 22.4 Å². The molecule has 2 amide bonds. The number of nitrogens with one attached hydrogen (secondary N) is 3. The van der Waals surface area contributed by atoms with E-state index in [2.05, 4.69) is 15.6 Å². The van der Waals surface area contributed by atoms with Crippen molar-refractivity contribution in [1.29, 1.82) is 0 Å². The molecule has 11 heteroatoms. The number of hydrogen-bond acceptors (Lipinski definition) is 5. The molecule has 1 heterocycles. The first-order valence-corrected chi connectivity index (χ1v) is 11.1. The molecule has 0 saturated heterocycles. The molecule has 3 aromatic rings. The maximum Gasteiger partial charge on any atom is 0.273 e. The van der Waals surface area contributed by atoms with Gasteiger partial charge in [-0.1, -0.05) is 23.2 Å². The molecule has 0 radical (unpaired) electrons. The number of rotatable bonds is 5. The first-order valence-electron chi connectivity index (χ1n) is 8.82. The van der Waals surface area contributed by atoms with Gasteiger partial charge in [-0.25, -0.2) is 8.42 Å². The predicted octanol–water partition coefficient (Wildman–Crippen LogP) is 4.08. The zero-order valence-electron chi connectivity index (χ0n) is 16.3. The number of halogens is 2.